The van der Waals surface area contributed by atoms with Gasteiger partial charge >= 0.3 is 0 Å². The van der Waals surface area contributed by atoms with Crippen molar-refractivity contribution in [2.24, 2.45) is 5.73 Å². The van der Waals surface area contributed by atoms with Gasteiger partial charge in [0, 0.05) is 17.9 Å². The minimum Gasteiger partial charge on any atom is -0.317 e. The summed E-state index contributed by atoms with van der Waals surface area (Å²) in [6.45, 7) is 0.676. The highest BCUT2D eigenvalue weighted by atomic mass is 35.5. The molecule has 2 aliphatic rings. The van der Waals surface area contributed by atoms with Crippen LogP contribution in [0.1, 0.15) is 0 Å². The first-order valence-corrected chi connectivity index (χ1v) is 8.26. The minimum absolute atomic E-state index is 0.175. The summed E-state index contributed by atoms with van der Waals surface area (Å²) in [5.41, 5.74) is 6.78. The number of β-lactam (4-membered cyclic amide) rings is 1. The molecule has 0 bridgehead atoms. The van der Waals surface area contributed by atoms with Crippen LogP contribution < -0.4 is 10.3 Å². The van der Waals surface area contributed by atoms with Gasteiger partial charge in [0.2, 0.25) is 5.91 Å². The van der Waals surface area contributed by atoms with E-state index >= 15 is 0 Å². The number of nitrogens with two attached hydrogens (primary N) is 1. The van der Waals surface area contributed by atoms with Gasteiger partial charge in [-0.15, -0.1) is 11.8 Å². The first-order valence-electron chi connectivity index (χ1n) is 6.83. The Labute approximate surface area is 137 Å². The van der Waals surface area contributed by atoms with E-state index < -0.39 is 11.3 Å². The van der Waals surface area contributed by atoms with Gasteiger partial charge in [-0.2, -0.15) is 0 Å². The summed E-state index contributed by atoms with van der Waals surface area (Å²) in [6, 6.07) is 5.30. The molecule has 2 atom stereocenters. The van der Waals surface area contributed by atoms with Gasteiger partial charge in [-0.25, -0.2) is 4.57 Å². The molecule has 1 amide bonds. The molecule has 2 N–H and O–H groups in total. The van der Waals surface area contributed by atoms with E-state index in [1.165, 1.54) is 4.90 Å². The van der Waals surface area contributed by atoms with Crippen molar-refractivity contribution in [1.29, 1.82) is 0 Å². The maximum Gasteiger partial charge on any atom is 0.269 e. The Kier molecular flexibility index (Phi) is 4.33. The molecule has 0 spiro atoms. The number of amides is 1. The zero-order chi connectivity index (χ0) is 15.7. The molecule has 2 aliphatic heterocycles. The second-order valence-electron chi connectivity index (χ2n) is 5.06. The smallest absolute Gasteiger partial charge is 0.269 e. The lowest BCUT2D eigenvalue weighted by molar-refractivity contribution is -0.687. The Morgan fingerprint density at radius 2 is 2.18 bits per heavy atom. The van der Waals surface area contributed by atoms with Crippen LogP contribution in [0.4, 0.5) is 0 Å². The molecule has 0 aliphatic carbocycles. The molecule has 22 heavy (non-hydrogen) atoms. The van der Waals surface area contributed by atoms with E-state index in [2.05, 4.69) is 0 Å². The first kappa shape index (κ1) is 15.3. The number of carbonyl (C=O) groups is 2. The molecule has 5 nitrogen and oxygen atoms in total. The number of fused-ring (bicyclic) bond motifs is 1. The monoisotopic (exact) mass is 336 g/mol. The largest absolute Gasteiger partial charge is 0.317 e. The van der Waals surface area contributed by atoms with Crippen LogP contribution in [0.2, 0.25) is 0 Å². The highest BCUT2D eigenvalue weighted by Crippen LogP contribution is 2.40. The molecule has 7 heteroatoms. The topological polar surface area (TPSA) is 67.3 Å². The zero-order valence-electron chi connectivity index (χ0n) is 11.7. The van der Waals surface area contributed by atoms with Gasteiger partial charge < -0.3 is 5.73 Å². The van der Waals surface area contributed by atoms with E-state index in [0.29, 0.717) is 12.3 Å². The number of aromatic nitrogens is 1. The fraction of sp³-hybridized carbons (Fsp3) is 0.267. The lowest BCUT2D eigenvalue weighted by Crippen LogP contribution is -2.68. The molecule has 0 saturated carbocycles. The summed E-state index contributed by atoms with van der Waals surface area (Å²) < 4.78 is 2.00. The number of halogens is 1. The van der Waals surface area contributed by atoms with Gasteiger partial charge in [-0.3, -0.25) is 14.5 Å². The van der Waals surface area contributed by atoms with Crippen molar-refractivity contribution in [1.82, 2.24) is 4.90 Å². The molecule has 1 fully saturated rings. The number of nitrogens with zero attached hydrogens (tertiary/aromatic N) is 2. The number of rotatable bonds is 4. The van der Waals surface area contributed by atoms with Crippen molar-refractivity contribution in [2.45, 2.75) is 18.0 Å². The molecule has 0 unspecified atom stereocenters. The summed E-state index contributed by atoms with van der Waals surface area (Å²) in [5.74, 6) is 0.371. The number of hydrogen-bond acceptors (Lipinski definition) is 4. The van der Waals surface area contributed by atoms with Crippen molar-refractivity contribution in [3.63, 3.8) is 0 Å². The third kappa shape index (κ3) is 2.69. The van der Waals surface area contributed by atoms with Crippen molar-refractivity contribution in [3.8, 4) is 0 Å². The second kappa shape index (κ2) is 6.24. The predicted molar refractivity (Wildman–Crippen MR) is 84.7 cm³/mol. The van der Waals surface area contributed by atoms with Crippen LogP contribution >= 0.6 is 23.4 Å². The Morgan fingerprint density at radius 3 is 2.86 bits per heavy atom. The number of pyridine rings is 1. The van der Waals surface area contributed by atoms with Crippen LogP contribution in [0.3, 0.4) is 0 Å². The van der Waals surface area contributed by atoms with Crippen LogP contribution in [0, 0.1) is 0 Å². The van der Waals surface area contributed by atoms with Crippen LogP contribution in [0.15, 0.2) is 54.0 Å². The molecule has 3 heterocycles. The Bertz CT molecular complexity index is 675. The minimum atomic E-state index is -0.613. The summed E-state index contributed by atoms with van der Waals surface area (Å²) in [7, 11) is 0. The molecule has 114 valence electrons. The average Bonchev–Trinajstić information content (AvgIpc) is 2.54. The van der Waals surface area contributed by atoms with E-state index in [1.807, 2.05) is 47.3 Å². The molecule has 0 radical (unpaired) electrons. The SMILES string of the molecule is N[C@@H]1C(=O)N2C(C(=O)Cl)=C(C=CC[n+]3ccccc3)CS[C@H]12. The van der Waals surface area contributed by atoms with E-state index in [-0.39, 0.29) is 17.0 Å². The average molecular weight is 337 g/mol. The highest BCUT2D eigenvalue weighted by Gasteiger charge is 2.51. The Hall–Kier alpha value is -1.63. The summed E-state index contributed by atoms with van der Waals surface area (Å²) in [5, 5.41) is -0.789. The van der Waals surface area contributed by atoms with E-state index in [1.54, 1.807) is 11.8 Å². The third-order valence-corrected chi connectivity index (χ3v) is 5.14. The number of hydrogen-bond donors (Lipinski definition) is 1. The number of thioether (sulfide) groups is 1. The van der Waals surface area contributed by atoms with Crippen LogP contribution in [-0.4, -0.2) is 33.2 Å². The Morgan fingerprint density at radius 1 is 1.45 bits per heavy atom. The van der Waals surface area contributed by atoms with E-state index in [0.717, 1.165) is 5.57 Å². The van der Waals surface area contributed by atoms with Gasteiger partial charge in [0.25, 0.3) is 5.24 Å². The van der Waals surface area contributed by atoms with Crippen molar-refractivity contribution < 1.29 is 14.2 Å². The van der Waals surface area contributed by atoms with Gasteiger partial charge in [-0.05, 0) is 23.3 Å². The van der Waals surface area contributed by atoms with Crippen molar-refractivity contribution >= 4 is 34.5 Å². The maximum absolute atomic E-state index is 11.9. The molecule has 1 aromatic heterocycles. The normalized spacial score (nSPS) is 24.5. The quantitative estimate of drug-likeness (QED) is 0.501. The maximum atomic E-state index is 11.9. The summed E-state index contributed by atoms with van der Waals surface area (Å²) in [6.07, 6.45) is 7.71. The van der Waals surface area contributed by atoms with Crippen LogP contribution in [-0.2, 0) is 16.1 Å². The molecular formula is C15H15ClN3O2S+. The van der Waals surface area contributed by atoms with Gasteiger partial charge in [0.05, 0.1) is 0 Å². The number of carbonyl (C=O) groups excluding carboxylic acids is 2. The fourth-order valence-corrected chi connectivity index (χ4v) is 4.00. The molecular weight excluding hydrogens is 322 g/mol. The van der Waals surface area contributed by atoms with E-state index in [9.17, 15) is 9.59 Å². The summed E-state index contributed by atoms with van der Waals surface area (Å²) >= 11 is 7.23. The molecule has 1 saturated heterocycles. The van der Waals surface area contributed by atoms with Crippen LogP contribution in [0.25, 0.3) is 0 Å². The Balaban J connectivity index is 1.81. The van der Waals surface area contributed by atoms with E-state index in [4.69, 9.17) is 17.3 Å². The fourth-order valence-electron chi connectivity index (χ4n) is 2.52. The lowest BCUT2D eigenvalue weighted by atomic mass is 10.0. The molecule has 3 rings (SSSR count). The van der Waals surface area contributed by atoms with Crippen molar-refractivity contribution in [3.05, 3.63) is 54.0 Å². The van der Waals surface area contributed by atoms with Gasteiger partial charge in [0.15, 0.2) is 18.9 Å². The first-order chi connectivity index (χ1) is 10.6. The van der Waals surface area contributed by atoms with Crippen molar-refractivity contribution in [2.75, 3.05) is 5.75 Å². The second-order valence-corrected chi connectivity index (χ2v) is 6.51. The molecule has 1 aromatic rings. The summed E-state index contributed by atoms with van der Waals surface area (Å²) in [4.78, 5) is 25.0. The number of allylic oxidation sites excluding steroid dienone is 3. The lowest BCUT2D eigenvalue weighted by Gasteiger charge is -2.48. The highest BCUT2D eigenvalue weighted by molar-refractivity contribution is 8.00. The van der Waals surface area contributed by atoms with Gasteiger partial charge in [0.1, 0.15) is 17.1 Å². The zero-order valence-corrected chi connectivity index (χ0v) is 13.3. The molecule has 0 aromatic carbocycles. The predicted octanol–water partition coefficient (Wildman–Crippen LogP) is 0.792. The third-order valence-electron chi connectivity index (χ3n) is 3.64. The van der Waals surface area contributed by atoms with Crippen LogP contribution in [0.5, 0.6) is 0 Å². The van der Waals surface area contributed by atoms with Gasteiger partial charge in [-0.1, -0.05) is 12.1 Å². The standard InChI is InChI=1S/C15H15ClN3O2S/c16-13(20)12-10(5-4-8-18-6-2-1-3-7-18)9-22-15-11(17)14(21)19(12)15/h1-7,11,15H,8-9,17H2/q+1/t11-,15-/m1/s1.